The number of para-hydroxylation sites is 1. The summed E-state index contributed by atoms with van der Waals surface area (Å²) >= 11 is 6.67. The number of nitrogens with zero attached hydrogens (tertiary/aromatic N) is 2. The number of hydrogen-bond donors (Lipinski definition) is 1. The van der Waals surface area contributed by atoms with Crippen LogP contribution in [0.4, 0.5) is 0 Å². The molecule has 0 unspecified atom stereocenters. The minimum atomic E-state index is -0.413. The highest BCUT2D eigenvalue weighted by Crippen LogP contribution is 2.35. The number of primary amides is 1. The predicted octanol–water partition coefficient (Wildman–Crippen LogP) is 3.68. The van der Waals surface area contributed by atoms with Gasteiger partial charge in [-0.05, 0) is 30.2 Å². The van der Waals surface area contributed by atoms with E-state index in [0.717, 1.165) is 28.5 Å². The number of rotatable bonds is 6. The first-order chi connectivity index (χ1) is 14.0. The van der Waals surface area contributed by atoms with Gasteiger partial charge in [0.05, 0.1) is 23.2 Å². The summed E-state index contributed by atoms with van der Waals surface area (Å²) in [6.45, 7) is 2.45. The Kier molecular flexibility index (Phi) is 5.29. The third-order valence-corrected chi connectivity index (χ3v) is 6.15. The highest BCUT2D eigenvalue weighted by atomic mass is 32.2. The van der Waals surface area contributed by atoms with Crippen molar-refractivity contribution in [1.82, 2.24) is 9.47 Å². The van der Waals surface area contributed by atoms with Crippen LogP contribution < -0.4 is 5.73 Å². The normalized spacial score (nSPS) is 15.8. The maximum absolute atomic E-state index is 12.9. The molecule has 0 bridgehead atoms. The van der Waals surface area contributed by atoms with Gasteiger partial charge < -0.3 is 14.7 Å². The molecule has 1 fully saturated rings. The fourth-order valence-electron chi connectivity index (χ4n) is 3.49. The number of carbonyl (C=O) groups is 2. The van der Waals surface area contributed by atoms with Gasteiger partial charge in [0.2, 0.25) is 5.91 Å². The smallest absolute Gasteiger partial charge is 0.266 e. The van der Waals surface area contributed by atoms with Crippen molar-refractivity contribution in [3.8, 4) is 0 Å². The molecule has 2 N–H and O–H groups in total. The van der Waals surface area contributed by atoms with E-state index in [1.165, 1.54) is 16.7 Å². The topological polar surface area (TPSA) is 81.5 Å². The van der Waals surface area contributed by atoms with Crippen LogP contribution in [0.3, 0.4) is 0 Å². The number of nitrogens with two attached hydrogens (primary N) is 1. The van der Waals surface area contributed by atoms with Crippen LogP contribution in [0.15, 0.2) is 52.1 Å². The number of fused-ring (bicyclic) bond motifs is 1. The number of thiocarbonyl (C=S) groups is 1. The quantitative estimate of drug-likeness (QED) is 0.481. The van der Waals surface area contributed by atoms with Crippen LogP contribution in [-0.2, 0) is 29.1 Å². The van der Waals surface area contributed by atoms with E-state index >= 15 is 0 Å². The van der Waals surface area contributed by atoms with E-state index in [0.29, 0.717) is 21.5 Å². The minimum absolute atomic E-state index is 0.0841. The summed E-state index contributed by atoms with van der Waals surface area (Å²) in [6, 6.07) is 9.59. The Morgan fingerprint density at radius 3 is 2.83 bits per heavy atom. The van der Waals surface area contributed by atoms with Gasteiger partial charge in [-0.2, -0.15) is 0 Å². The lowest BCUT2D eigenvalue weighted by atomic mass is 10.1. The molecule has 0 spiro atoms. The molecule has 0 radical (unpaired) electrons. The SMILES string of the molecule is CCc1cccc2c(/C=C3\SC(=S)N(Cc4ccco4)C3=O)cn(CC(N)=O)c12. The average molecular weight is 426 g/mol. The van der Waals surface area contributed by atoms with Crippen molar-refractivity contribution in [2.24, 2.45) is 5.73 Å². The highest BCUT2D eigenvalue weighted by Gasteiger charge is 2.32. The molecule has 3 heterocycles. The van der Waals surface area contributed by atoms with Crippen molar-refractivity contribution in [2.75, 3.05) is 0 Å². The fourth-order valence-corrected chi connectivity index (χ4v) is 4.74. The number of amides is 2. The summed E-state index contributed by atoms with van der Waals surface area (Å²) in [5.41, 5.74) is 8.38. The molecule has 0 aliphatic carbocycles. The van der Waals surface area contributed by atoms with Gasteiger partial charge in [0.1, 0.15) is 16.6 Å². The summed E-state index contributed by atoms with van der Waals surface area (Å²) in [4.78, 5) is 26.5. The zero-order valence-electron chi connectivity index (χ0n) is 15.8. The molecule has 2 aromatic heterocycles. The van der Waals surface area contributed by atoms with Crippen LogP contribution >= 0.6 is 24.0 Å². The first-order valence-electron chi connectivity index (χ1n) is 9.14. The summed E-state index contributed by atoms with van der Waals surface area (Å²) < 4.78 is 7.69. The second-order valence-corrected chi connectivity index (χ2v) is 8.37. The summed E-state index contributed by atoms with van der Waals surface area (Å²) in [5.74, 6) is 0.108. The van der Waals surface area contributed by atoms with Crippen LogP contribution in [0.2, 0.25) is 0 Å². The predicted molar refractivity (Wildman–Crippen MR) is 118 cm³/mol. The van der Waals surface area contributed by atoms with E-state index in [1.54, 1.807) is 12.3 Å². The van der Waals surface area contributed by atoms with Crippen molar-refractivity contribution in [3.05, 3.63) is 64.6 Å². The molecule has 0 saturated carbocycles. The lowest BCUT2D eigenvalue weighted by Crippen LogP contribution is -2.27. The van der Waals surface area contributed by atoms with Crippen molar-refractivity contribution in [2.45, 2.75) is 26.4 Å². The zero-order valence-corrected chi connectivity index (χ0v) is 17.4. The van der Waals surface area contributed by atoms with Crippen LogP contribution in [0.5, 0.6) is 0 Å². The van der Waals surface area contributed by atoms with E-state index in [4.69, 9.17) is 22.4 Å². The van der Waals surface area contributed by atoms with Gasteiger partial charge in [-0.3, -0.25) is 14.5 Å². The first-order valence-corrected chi connectivity index (χ1v) is 10.4. The number of aryl methyl sites for hydroxylation is 1. The molecule has 1 aromatic carbocycles. The Hall–Kier alpha value is -2.84. The van der Waals surface area contributed by atoms with Crippen LogP contribution in [0, 0.1) is 0 Å². The Morgan fingerprint density at radius 2 is 2.14 bits per heavy atom. The summed E-state index contributed by atoms with van der Waals surface area (Å²) in [5, 5.41) is 0.974. The van der Waals surface area contributed by atoms with Crippen molar-refractivity contribution < 1.29 is 14.0 Å². The third kappa shape index (κ3) is 3.73. The monoisotopic (exact) mass is 425 g/mol. The number of benzene rings is 1. The number of thioether (sulfide) groups is 1. The summed E-state index contributed by atoms with van der Waals surface area (Å²) in [7, 11) is 0. The van der Waals surface area contributed by atoms with Gasteiger partial charge in [0, 0.05) is 17.1 Å². The maximum Gasteiger partial charge on any atom is 0.266 e. The molecule has 1 aliphatic heterocycles. The molecule has 148 valence electrons. The molecule has 8 heteroatoms. The van der Waals surface area contributed by atoms with E-state index < -0.39 is 5.91 Å². The lowest BCUT2D eigenvalue weighted by Gasteiger charge is -2.11. The Balaban J connectivity index is 1.73. The van der Waals surface area contributed by atoms with Crippen molar-refractivity contribution in [1.29, 1.82) is 0 Å². The first kappa shape index (κ1) is 19.5. The molecule has 1 aliphatic rings. The van der Waals surface area contributed by atoms with Crippen molar-refractivity contribution in [3.63, 3.8) is 0 Å². The van der Waals surface area contributed by atoms with Crippen LogP contribution in [-0.4, -0.2) is 25.6 Å². The third-order valence-electron chi connectivity index (χ3n) is 4.77. The number of aromatic nitrogens is 1. The average Bonchev–Trinajstić information content (AvgIpc) is 3.38. The minimum Gasteiger partial charge on any atom is -0.467 e. The Bertz CT molecular complexity index is 1150. The zero-order chi connectivity index (χ0) is 20.5. The van der Waals surface area contributed by atoms with E-state index in [-0.39, 0.29) is 12.5 Å². The molecule has 0 atom stereocenters. The van der Waals surface area contributed by atoms with E-state index in [2.05, 4.69) is 6.92 Å². The largest absolute Gasteiger partial charge is 0.467 e. The molecule has 2 amide bonds. The second kappa shape index (κ2) is 7.88. The molecule has 3 aromatic rings. The van der Waals surface area contributed by atoms with Gasteiger partial charge in [-0.15, -0.1) is 0 Å². The van der Waals surface area contributed by atoms with Gasteiger partial charge in [-0.25, -0.2) is 0 Å². The van der Waals surface area contributed by atoms with Gasteiger partial charge in [0.15, 0.2) is 0 Å². The lowest BCUT2D eigenvalue weighted by molar-refractivity contribution is -0.122. The highest BCUT2D eigenvalue weighted by molar-refractivity contribution is 8.26. The van der Waals surface area contributed by atoms with Gasteiger partial charge >= 0.3 is 0 Å². The van der Waals surface area contributed by atoms with E-state index in [9.17, 15) is 9.59 Å². The Morgan fingerprint density at radius 1 is 1.31 bits per heavy atom. The number of furan rings is 1. The second-order valence-electron chi connectivity index (χ2n) is 6.69. The standard InChI is InChI=1S/C21H19N3O3S2/c1-2-13-5-3-7-16-14(10-23(19(13)16)12-18(22)25)9-17-20(26)24(21(28)29-17)11-15-6-4-8-27-15/h3-10H,2,11-12H2,1H3,(H2,22,25)/b17-9-. The van der Waals surface area contributed by atoms with Crippen molar-refractivity contribution >= 4 is 57.1 Å². The van der Waals surface area contributed by atoms with E-state index in [1.807, 2.05) is 41.1 Å². The number of hydrogen-bond acceptors (Lipinski definition) is 5. The molecule has 1 saturated heterocycles. The number of carbonyl (C=O) groups excluding carboxylic acids is 2. The van der Waals surface area contributed by atoms with Gasteiger partial charge in [0.25, 0.3) is 5.91 Å². The fraction of sp³-hybridized carbons (Fsp3) is 0.190. The molecule has 4 rings (SSSR count). The molecule has 6 nitrogen and oxygen atoms in total. The molecular weight excluding hydrogens is 406 g/mol. The molecular formula is C21H19N3O3S2. The Labute approximate surface area is 177 Å². The maximum atomic E-state index is 12.9. The van der Waals surface area contributed by atoms with Crippen LogP contribution in [0.25, 0.3) is 17.0 Å². The summed E-state index contributed by atoms with van der Waals surface area (Å²) in [6.07, 6.45) is 6.10. The van der Waals surface area contributed by atoms with Gasteiger partial charge in [-0.1, -0.05) is 49.1 Å². The van der Waals surface area contributed by atoms with Crippen LogP contribution in [0.1, 0.15) is 23.8 Å². The molecule has 29 heavy (non-hydrogen) atoms.